The molecule has 6 heteroatoms. The zero-order valence-electron chi connectivity index (χ0n) is 18.8. The van der Waals surface area contributed by atoms with Gasteiger partial charge in [0.05, 0.1) is 11.9 Å². The minimum atomic E-state index is -0.651. The molecule has 1 heterocycles. The fourth-order valence-electron chi connectivity index (χ4n) is 3.98. The number of hydrogen-bond acceptors (Lipinski definition) is 4. The zero-order valence-corrected chi connectivity index (χ0v) is 18.8. The third kappa shape index (κ3) is 4.55. The number of carbonyl (C=O) groups is 1. The summed E-state index contributed by atoms with van der Waals surface area (Å²) in [5, 5.41) is 16.5. The molecule has 1 aromatic heterocycles. The van der Waals surface area contributed by atoms with Gasteiger partial charge in [0.2, 0.25) is 0 Å². The van der Waals surface area contributed by atoms with E-state index in [0.717, 1.165) is 28.3 Å². The Kier molecular flexibility index (Phi) is 5.84. The van der Waals surface area contributed by atoms with Crippen molar-refractivity contribution in [3.63, 3.8) is 0 Å². The molecule has 1 aliphatic carbocycles. The molecule has 0 aliphatic heterocycles. The zero-order chi connectivity index (χ0) is 23.5. The van der Waals surface area contributed by atoms with Gasteiger partial charge in [-0.1, -0.05) is 66.7 Å². The van der Waals surface area contributed by atoms with Crippen LogP contribution in [-0.4, -0.2) is 15.9 Å². The number of nitriles is 1. The van der Waals surface area contributed by atoms with E-state index in [-0.39, 0.29) is 11.4 Å². The van der Waals surface area contributed by atoms with E-state index in [9.17, 15) is 10.1 Å². The van der Waals surface area contributed by atoms with Crippen molar-refractivity contribution in [2.45, 2.75) is 31.8 Å². The first kappa shape index (κ1) is 21.5. The molecule has 34 heavy (non-hydrogen) atoms. The molecule has 3 aromatic carbocycles. The van der Waals surface area contributed by atoms with E-state index < -0.39 is 12.2 Å². The number of hydrogen-bond donors (Lipinski definition) is 1. The van der Waals surface area contributed by atoms with Crippen molar-refractivity contribution in [3.05, 3.63) is 102 Å². The summed E-state index contributed by atoms with van der Waals surface area (Å²) in [4.78, 5) is 12.6. The summed E-state index contributed by atoms with van der Waals surface area (Å²) in [6.07, 6.45) is 2.92. The molecular formula is C28H24N4O2. The Hall–Kier alpha value is -4.37. The maximum Gasteiger partial charge on any atom is 0.413 e. The number of nitrogens with one attached hydrogen (secondary N) is 1. The van der Waals surface area contributed by atoms with E-state index in [1.165, 1.54) is 29.3 Å². The van der Waals surface area contributed by atoms with Gasteiger partial charge in [0.15, 0.2) is 5.82 Å². The van der Waals surface area contributed by atoms with E-state index in [1.807, 2.05) is 54.6 Å². The molecule has 0 saturated heterocycles. The van der Waals surface area contributed by atoms with Crippen LogP contribution in [0, 0.1) is 11.3 Å². The quantitative estimate of drug-likeness (QED) is 0.360. The van der Waals surface area contributed by atoms with Crippen LogP contribution in [0.15, 0.2) is 85.1 Å². The van der Waals surface area contributed by atoms with Crippen LogP contribution in [0.4, 0.5) is 10.6 Å². The van der Waals surface area contributed by atoms with Crippen molar-refractivity contribution < 1.29 is 9.53 Å². The standard InChI is InChI=1S/C28H24N4O2/c1-19(20-5-3-2-4-6-20)34-28(33)31-27-25(17-29)18-30-32(27)26-15-13-24(14-16-26)23-11-9-22(10-12-23)21-7-8-21/h2-6,9-16,18-19,21H,7-8H2,1H3,(H,31,33). The Morgan fingerprint density at radius 1 is 1.03 bits per heavy atom. The van der Waals surface area contributed by atoms with Gasteiger partial charge in [-0.3, -0.25) is 5.32 Å². The highest BCUT2D eigenvalue weighted by Crippen LogP contribution is 2.40. The largest absolute Gasteiger partial charge is 0.441 e. The second-order valence-corrected chi connectivity index (χ2v) is 8.46. The van der Waals surface area contributed by atoms with Crippen molar-refractivity contribution in [2.75, 3.05) is 5.32 Å². The summed E-state index contributed by atoms with van der Waals surface area (Å²) >= 11 is 0. The van der Waals surface area contributed by atoms with Crippen LogP contribution in [0.5, 0.6) is 0 Å². The lowest BCUT2D eigenvalue weighted by Crippen LogP contribution is -2.19. The molecule has 5 rings (SSSR count). The van der Waals surface area contributed by atoms with Crippen LogP contribution < -0.4 is 5.32 Å². The molecular weight excluding hydrogens is 424 g/mol. The van der Waals surface area contributed by atoms with E-state index in [1.54, 1.807) is 6.92 Å². The molecule has 1 atom stereocenters. The summed E-state index contributed by atoms with van der Waals surface area (Å²) in [7, 11) is 0. The van der Waals surface area contributed by atoms with Crippen LogP contribution in [0.2, 0.25) is 0 Å². The van der Waals surface area contributed by atoms with E-state index >= 15 is 0 Å². The van der Waals surface area contributed by atoms with Gasteiger partial charge in [0.1, 0.15) is 17.7 Å². The van der Waals surface area contributed by atoms with E-state index in [0.29, 0.717) is 0 Å². The van der Waals surface area contributed by atoms with Gasteiger partial charge in [-0.15, -0.1) is 0 Å². The molecule has 0 radical (unpaired) electrons. The van der Waals surface area contributed by atoms with E-state index in [4.69, 9.17) is 4.74 Å². The number of ether oxygens (including phenoxy) is 1. The summed E-state index contributed by atoms with van der Waals surface area (Å²) in [6, 6.07) is 28.1. The maximum atomic E-state index is 12.6. The second-order valence-electron chi connectivity index (χ2n) is 8.46. The van der Waals surface area contributed by atoms with Crippen molar-refractivity contribution in [3.8, 4) is 22.9 Å². The van der Waals surface area contributed by atoms with Crippen molar-refractivity contribution in [2.24, 2.45) is 0 Å². The Labute approximate surface area is 198 Å². The monoisotopic (exact) mass is 448 g/mol. The average Bonchev–Trinajstić information content (AvgIpc) is 3.66. The van der Waals surface area contributed by atoms with E-state index in [2.05, 4.69) is 40.8 Å². The predicted molar refractivity (Wildman–Crippen MR) is 131 cm³/mol. The predicted octanol–water partition coefficient (Wildman–Crippen LogP) is 6.60. The fourth-order valence-corrected chi connectivity index (χ4v) is 3.98. The molecule has 1 amide bonds. The van der Waals surface area contributed by atoms with Gasteiger partial charge in [-0.2, -0.15) is 10.4 Å². The molecule has 1 aliphatic rings. The molecule has 0 spiro atoms. The summed E-state index contributed by atoms with van der Waals surface area (Å²) in [5.41, 5.74) is 5.50. The lowest BCUT2D eigenvalue weighted by molar-refractivity contribution is 0.121. The number of nitrogens with zero attached hydrogens (tertiary/aromatic N) is 3. The average molecular weight is 449 g/mol. The summed E-state index contributed by atoms with van der Waals surface area (Å²) in [5.74, 6) is 1.01. The second kappa shape index (κ2) is 9.24. The topological polar surface area (TPSA) is 79.9 Å². The van der Waals surface area contributed by atoms with Crippen molar-refractivity contribution >= 4 is 11.9 Å². The Bertz CT molecular complexity index is 1330. The Morgan fingerprint density at radius 3 is 2.29 bits per heavy atom. The lowest BCUT2D eigenvalue weighted by atomic mass is 10.0. The number of anilines is 1. The number of amides is 1. The number of benzene rings is 3. The highest BCUT2D eigenvalue weighted by molar-refractivity contribution is 5.86. The molecule has 1 N–H and O–H groups in total. The first-order chi connectivity index (χ1) is 16.6. The first-order valence-electron chi connectivity index (χ1n) is 11.3. The molecule has 1 fully saturated rings. The molecule has 0 bridgehead atoms. The molecule has 168 valence electrons. The van der Waals surface area contributed by atoms with Gasteiger partial charge < -0.3 is 4.74 Å². The SMILES string of the molecule is CC(OC(=O)Nc1c(C#N)cnn1-c1ccc(-c2ccc(C3CC3)cc2)cc1)c1ccccc1. The third-order valence-corrected chi connectivity index (χ3v) is 6.07. The van der Waals surface area contributed by atoms with Gasteiger partial charge in [-0.05, 0) is 60.1 Å². The van der Waals surface area contributed by atoms with Crippen LogP contribution in [0.25, 0.3) is 16.8 Å². The number of rotatable bonds is 6. The van der Waals surface area contributed by atoms with Crippen molar-refractivity contribution in [1.29, 1.82) is 5.26 Å². The maximum absolute atomic E-state index is 12.6. The highest BCUT2D eigenvalue weighted by Gasteiger charge is 2.23. The van der Waals surface area contributed by atoms with Gasteiger partial charge in [0, 0.05) is 0 Å². The Balaban J connectivity index is 1.33. The van der Waals surface area contributed by atoms with Crippen LogP contribution in [0.3, 0.4) is 0 Å². The molecule has 6 nitrogen and oxygen atoms in total. The smallest absolute Gasteiger partial charge is 0.413 e. The highest BCUT2D eigenvalue weighted by atomic mass is 16.6. The van der Waals surface area contributed by atoms with Crippen LogP contribution >= 0.6 is 0 Å². The van der Waals surface area contributed by atoms with Crippen LogP contribution in [0.1, 0.15) is 48.5 Å². The summed E-state index contributed by atoms with van der Waals surface area (Å²) < 4.78 is 7.04. The van der Waals surface area contributed by atoms with Crippen molar-refractivity contribution in [1.82, 2.24) is 9.78 Å². The molecule has 1 saturated carbocycles. The summed E-state index contributed by atoms with van der Waals surface area (Å²) in [6.45, 7) is 1.80. The minimum absolute atomic E-state index is 0.254. The fraction of sp³-hybridized carbons (Fsp3) is 0.179. The van der Waals surface area contributed by atoms with Gasteiger partial charge in [-0.25, -0.2) is 9.48 Å². The number of aromatic nitrogens is 2. The lowest BCUT2D eigenvalue weighted by Gasteiger charge is -2.15. The molecule has 1 unspecified atom stereocenters. The first-order valence-corrected chi connectivity index (χ1v) is 11.3. The van der Waals surface area contributed by atoms with Gasteiger partial charge in [0.25, 0.3) is 0 Å². The Morgan fingerprint density at radius 2 is 1.68 bits per heavy atom. The van der Waals surface area contributed by atoms with Crippen LogP contribution in [-0.2, 0) is 4.74 Å². The minimum Gasteiger partial charge on any atom is -0.441 e. The normalized spacial score (nSPS) is 13.6. The molecule has 4 aromatic rings. The third-order valence-electron chi connectivity index (χ3n) is 6.07. The van der Waals surface area contributed by atoms with Gasteiger partial charge >= 0.3 is 6.09 Å². The number of carbonyl (C=O) groups excluding carboxylic acids is 1.